The monoisotopic (exact) mass is 237 g/mol. The maximum absolute atomic E-state index is 13.6. The molecule has 0 bridgehead atoms. The van der Waals surface area contributed by atoms with Gasteiger partial charge in [-0.3, -0.25) is 0 Å². The van der Waals surface area contributed by atoms with Gasteiger partial charge in [-0.2, -0.15) is 0 Å². The third kappa shape index (κ3) is 3.79. The average molecular weight is 237 g/mol. The molecule has 0 aromatic heterocycles. The van der Waals surface area contributed by atoms with Crippen LogP contribution in [0.3, 0.4) is 0 Å². The van der Waals surface area contributed by atoms with Crippen LogP contribution in [-0.4, -0.2) is 24.9 Å². The Balaban J connectivity index is 1.72. The van der Waals surface area contributed by atoms with Crippen molar-refractivity contribution in [1.29, 1.82) is 0 Å². The number of hydrogen-bond donors (Lipinski definition) is 1. The number of halogens is 1. The molecular formula is C14H20FNO. The van der Waals surface area contributed by atoms with Crippen molar-refractivity contribution in [1.82, 2.24) is 0 Å². The first kappa shape index (κ1) is 12.5. The Kier molecular flexibility index (Phi) is 4.51. The van der Waals surface area contributed by atoms with E-state index < -0.39 is 6.17 Å². The summed E-state index contributed by atoms with van der Waals surface area (Å²) in [5.74, 6) is 0. The average Bonchev–Trinajstić information content (AvgIpc) is 2.33. The Morgan fingerprint density at radius 1 is 1.24 bits per heavy atom. The predicted molar refractivity (Wildman–Crippen MR) is 66.6 cm³/mol. The lowest BCUT2D eigenvalue weighted by Crippen LogP contribution is -2.39. The molecule has 1 aliphatic carbocycles. The van der Waals surface area contributed by atoms with E-state index in [-0.39, 0.29) is 12.1 Å². The largest absolute Gasteiger partial charge is 0.375 e. The molecule has 3 atom stereocenters. The lowest BCUT2D eigenvalue weighted by molar-refractivity contribution is -0.0267. The summed E-state index contributed by atoms with van der Waals surface area (Å²) in [6, 6.07) is 10.1. The van der Waals surface area contributed by atoms with Crippen molar-refractivity contribution in [2.75, 3.05) is 6.61 Å². The molecule has 94 valence electrons. The van der Waals surface area contributed by atoms with Crippen LogP contribution in [0.15, 0.2) is 30.3 Å². The number of rotatable bonds is 4. The second-order valence-electron chi connectivity index (χ2n) is 4.73. The second kappa shape index (κ2) is 6.12. The Morgan fingerprint density at radius 3 is 2.71 bits per heavy atom. The highest BCUT2D eigenvalue weighted by Crippen LogP contribution is 2.23. The summed E-state index contributed by atoms with van der Waals surface area (Å²) >= 11 is 0. The van der Waals surface area contributed by atoms with Gasteiger partial charge in [-0.15, -0.1) is 0 Å². The third-order valence-corrected chi connectivity index (χ3v) is 3.32. The quantitative estimate of drug-likeness (QED) is 0.873. The van der Waals surface area contributed by atoms with Crippen molar-refractivity contribution < 1.29 is 9.13 Å². The second-order valence-corrected chi connectivity index (χ2v) is 4.73. The van der Waals surface area contributed by atoms with Crippen LogP contribution in [0.2, 0.25) is 0 Å². The Labute approximate surface area is 102 Å². The fourth-order valence-electron chi connectivity index (χ4n) is 2.28. The number of alkyl halides is 1. The molecule has 1 fully saturated rings. The highest BCUT2D eigenvalue weighted by atomic mass is 19.1. The minimum Gasteiger partial charge on any atom is -0.375 e. The molecule has 0 heterocycles. The molecule has 0 saturated heterocycles. The van der Waals surface area contributed by atoms with Gasteiger partial charge in [-0.05, 0) is 31.2 Å². The van der Waals surface area contributed by atoms with E-state index >= 15 is 0 Å². The predicted octanol–water partition coefficient (Wildman–Crippen LogP) is 2.46. The zero-order valence-electron chi connectivity index (χ0n) is 10.0. The van der Waals surface area contributed by atoms with Gasteiger partial charge < -0.3 is 10.5 Å². The Bertz CT molecular complexity index is 330. The number of benzene rings is 1. The number of nitrogens with two attached hydrogens (primary N) is 1. The summed E-state index contributed by atoms with van der Waals surface area (Å²) in [5, 5.41) is 0. The van der Waals surface area contributed by atoms with E-state index in [0.717, 1.165) is 19.3 Å². The summed E-state index contributed by atoms with van der Waals surface area (Å²) < 4.78 is 19.2. The van der Waals surface area contributed by atoms with Crippen molar-refractivity contribution >= 4 is 0 Å². The van der Waals surface area contributed by atoms with Crippen LogP contribution in [-0.2, 0) is 11.2 Å². The minimum absolute atomic E-state index is 0.0129. The van der Waals surface area contributed by atoms with Crippen LogP contribution < -0.4 is 5.73 Å². The standard InChI is InChI=1S/C14H20FNO/c15-13-10-12(16)6-7-14(13)17-9-8-11-4-2-1-3-5-11/h1-5,12-14H,6-10,16H2/t12-,13-,14-/m0/s1. The number of ether oxygens (including phenoxy) is 1. The van der Waals surface area contributed by atoms with Gasteiger partial charge in [0.2, 0.25) is 0 Å². The molecule has 2 N–H and O–H groups in total. The SMILES string of the molecule is N[C@H]1CC[C@H](OCCc2ccccc2)[C@@H](F)C1. The van der Waals surface area contributed by atoms with Gasteiger partial charge in [0.1, 0.15) is 6.17 Å². The normalized spacial score (nSPS) is 29.2. The van der Waals surface area contributed by atoms with Gasteiger partial charge in [0.15, 0.2) is 0 Å². The fraction of sp³-hybridized carbons (Fsp3) is 0.571. The van der Waals surface area contributed by atoms with Gasteiger partial charge >= 0.3 is 0 Å². The molecule has 3 heteroatoms. The highest BCUT2D eigenvalue weighted by molar-refractivity contribution is 5.14. The molecule has 0 aliphatic heterocycles. The van der Waals surface area contributed by atoms with Crippen molar-refractivity contribution in [3.05, 3.63) is 35.9 Å². The molecule has 2 rings (SSSR count). The van der Waals surface area contributed by atoms with Gasteiger partial charge in [-0.1, -0.05) is 30.3 Å². The van der Waals surface area contributed by atoms with Gasteiger partial charge in [0.05, 0.1) is 12.7 Å². The molecule has 0 unspecified atom stereocenters. The zero-order chi connectivity index (χ0) is 12.1. The lowest BCUT2D eigenvalue weighted by atomic mass is 9.92. The molecular weight excluding hydrogens is 217 g/mol. The van der Waals surface area contributed by atoms with E-state index in [1.165, 1.54) is 5.56 Å². The summed E-state index contributed by atoms with van der Waals surface area (Å²) in [6.45, 7) is 0.588. The Morgan fingerprint density at radius 2 is 2.00 bits per heavy atom. The summed E-state index contributed by atoms with van der Waals surface area (Å²) in [4.78, 5) is 0. The van der Waals surface area contributed by atoms with E-state index in [4.69, 9.17) is 10.5 Å². The minimum atomic E-state index is -0.894. The van der Waals surface area contributed by atoms with Crippen LogP contribution in [0.1, 0.15) is 24.8 Å². The lowest BCUT2D eigenvalue weighted by Gasteiger charge is -2.29. The molecule has 1 aromatic rings. The van der Waals surface area contributed by atoms with Crippen LogP contribution in [0, 0.1) is 0 Å². The van der Waals surface area contributed by atoms with Crippen LogP contribution in [0.4, 0.5) is 4.39 Å². The number of hydrogen-bond acceptors (Lipinski definition) is 2. The molecule has 17 heavy (non-hydrogen) atoms. The highest BCUT2D eigenvalue weighted by Gasteiger charge is 2.29. The summed E-state index contributed by atoms with van der Waals surface area (Å²) in [6.07, 6.45) is 1.76. The van der Waals surface area contributed by atoms with Gasteiger partial charge in [0.25, 0.3) is 0 Å². The topological polar surface area (TPSA) is 35.2 Å². The maximum Gasteiger partial charge on any atom is 0.128 e. The smallest absolute Gasteiger partial charge is 0.128 e. The van der Waals surface area contributed by atoms with E-state index in [1.54, 1.807) is 0 Å². The first-order valence-corrected chi connectivity index (χ1v) is 6.31. The molecule has 1 saturated carbocycles. The van der Waals surface area contributed by atoms with E-state index in [2.05, 4.69) is 12.1 Å². The van der Waals surface area contributed by atoms with Crippen LogP contribution in [0.5, 0.6) is 0 Å². The first-order chi connectivity index (χ1) is 8.25. The molecule has 1 aliphatic rings. The van der Waals surface area contributed by atoms with Gasteiger partial charge in [-0.25, -0.2) is 4.39 Å². The molecule has 0 radical (unpaired) electrons. The van der Waals surface area contributed by atoms with E-state index in [9.17, 15) is 4.39 Å². The van der Waals surface area contributed by atoms with Crippen molar-refractivity contribution in [3.63, 3.8) is 0 Å². The van der Waals surface area contributed by atoms with Crippen LogP contribution >= 0.6 is 0 Å². The van der Waals surface area contributed by atoms with Gasteiger partial charge in [0, 0.05) is 6.04 Å². The first-order valence-electron chi connectivity index (χ1n) is 6.31. The maximum atomic E-state index is 13.6. The van der Waals surface area contributed by atoms with E-state index in [0.29, 0.717) is 13.0 Å². The molecule has 1 aromatic carbocycles. The molecule has 0 amide bonds. The summed E-state index contributed by atoms with van der Waals surface area (Å²) in [7, 11) is 0. The Hall–Kier alpha value is -0.930. The van der Waals surface area contributed by atoms with Crippen molar-refractivity contribution in [3.8, 4) is 0 Å². The zero-order valence-corrected chi connectivity index (χ0v) is 10.0. The van der Waals surface area contributed by atoms with Crippen molar-refractivity contribution in [2.24, 2.45) is 5.73 Å². The van der Waals surface area contributed by atoms with E-state index in [1.807, 2.05) is 18.2 Å². The molecule has 0 spiro atoms. The fourth-order valence-corrected chi connectivity index (χ4v) is 2.28. The van der Waals surface area contributed by atoms with Crippen molar-refractivity contribution in [2.45, 2.75) is 44.0 Å². The molecule has 2 nitrogen and oxygen atoms in total. The summed E-state index contributed by atoms with van der Waals surface area (Å²) in [5.41, 5.74) is 6.94. The third-order valence-electron chi connectivity index (χ3n) is 3.32. The van der Waals surface area contributed by atoms with Crippen LogP contribution in [0.25, 0.3) is 0 Å².